The third-order valence-corrected chi connectivity index (χ3v) is 5.67. The van der Waals surface area contributed by atoms with Crippen molar-refractivity contribution in [3.8, 4) is 0 Å². The molecule has 1 aliphatic heterocycles. The minimum absolute atomic E-state index is 0.126. The highest BCUT2D eigenvalue weighted by atomic mass is 79.9. The maximum absolute atomic E-state index is 12.4. The fourth-order valence-corrected chi connectivity index (χ4v) is 3.93. The lowest BCUT2D eigenvalue weighted by Gasteiger charge is -2.16. The molecule has 0 aromatic heterocycles. The highest BCUT2D eigenvalue weighted by Gasteiger charge is 2.36. The second-order valence-corrected chi connectivity index (χ2v) is 8.15. The summed E-state index contributed by atoms with van der Waals surface area (Å²) in [6.07, 6.45) is 1.23. The topological polar surface area (TPSA) is 52.6 Å². The van der Waals surface area contributed by atoms with E-state index in [2.05, 4.69) is 15.9 Å². The number of sulfone groups is 1. The van der Waals surface area contributed by atoms with Crippen LogP contribution in [0.5, 0.6) is 0 Å². The summed E-state index contributed by atoms with van der Waals surface area (Å²) in [5.74, 6) is 0. The summed E-state index contributed by atoms with van der Waals surface area (Å²) in [5.41, 5.74) is -0.760. The van der Waals surface area contributed by atoms with E-state index in [1.807, 2.05) is 13.8 Å². The van der Waals surface area contributed by atoms with Gasteiger partial charge in [-0.15, -0.1) is 0 Å². The van der Waals surface area contributed by atoms with Gasteiger partial charge >= 0.3 is 0 Å². The molecule has 0 saturated carbocycles. The first kappa shape index (κ1) is 15.9. The maximum atomic E-state index is 12.4. The lowest BCUT2D eigenvalue weighted by Crippen LogP contribution is -2.24. The second kappa shape index (κ2) is 6.56. The van der Waals surface area contributed by atoms with Gasteiger partial charge in [0.25, 0.3) is 0 Å². The Morgan fingerprint density at radius 1 is 1.30 bits per heavy atom. The standard InChI is InChI=1S/C14H19BrO4S/c1-10(2)18-9-12-5-8-14(19-12)20(16,17)13-6-3-11(15)4-7-13/h3-4,6-7,10,12,14H,5,8-9H2,1-2H3. The first-order valence-electron chi connectivity index (χ1n) is 6.66. The number of ether oxygens (including phenoxy) is 2. The number of halogens is 1. The lowest BCUT2D eigenvalue weighted by atomic mass is 10.2. The van der Waals surface area contributed by atoms with Crippen LogP contribution in [0.4, 0.5) is 0 Å². The number of rotatable bonds is 5. The van der Waals surface area contributed by atoms with Crippen molar-refractivity contribution >= 4 is 25.8 Å². The minimum Gasteiger partial charge on any atom is -0.376 e. The molecule has 0 bridgehead atoms. The predicted octanol–water partition coefficient (Wildman–Crippen LogP) is 3.15. The molecular weight excluding hydrogens is 344 g/mol. The molecule has 1 heterocycles. The van der Waals surface area contributed by atoms with Gasteiger partial charge in [-0.2, -0.15) is 0 Å². The van der Waals surface area contributed by atoms with E-state index in [9.17, 15) is 8.42 Å². The summed E-state index contributed by atoms with van der Waals surface area (Å²) in [6.45, 7) is 4.35. The smallest absolute Gasteiger partial charge is 0.205 e. The van der Waals surface area contributed by atoms with Crippen LogP contribution in [0.15, 0.2) is 33.6 Å². The maximum Gasteiger partial charge on any atom is 0.205 e. The summed E-state index contributed by atoms with van der Waals surface area (Å²) in [6, 6.07) is 6.64. The molecule has 2 rings (SSSR count). The molecule has 0 spiro atoms. The summed E-state index contributed by atoms with van der Waals surface area (Å²) >= 11 is 3.30. The van der Waals surface area contributed by atoms with Crippen LogP contribution in [-0.4, -0.2) is 32.7 Å². The van der Waals surface area contributed by atoms with E-state index in [-0.39, 0.29) is 12.2 Å². The second-order valence-electron chi connectivity index (χ2n) is 5.15. The summed E-state index contributed by atoms with van der Waals surface area (Å²) < 4.78 is 36.9. The third-order valence-electron chi connectivity index (χ3n) is 3.17. The van der Waals surface area contributed by atoms with Gasteiger partial charge in [-0.3, -0.25) is 0 Å². The highest BCUT2D eigenvalue weighted by Crippen LogP contribution is 2.29. The molecule has 0 amide bonds. The number of hydrogen-bond acceptors (Lipinski definition) is 4. The van der Waals surface area contributed by atoms with Crippen LogP contribution in [0.1, 0.15) is 26.7 Å². The van der Waals surface area contributed by atoms with Crippen molar-refractivity contribution < 1.29 is 17.9 Å². The first-order valence-corrected chi connectivity index (χ1v) is 9.00. The van der Waals surface area contributed by atoms with Gasteiger partial charge < -0.3 is 9.47 Å². The molecule has 1 aromatic carbocycles. The van der Waals surface area contributed by atoms with Gasteiger partial charge in [0, 0.05) is 4.47 Å². The van der Waals surface area contributed by atoms with Crippen LogP contribution < -0.4 is 0 Å². The fourth-order valence-electron chi connectivity index (χ4n) is 2.10. The predicted molar refractivity (Wildman–Crippen MR) is 80.3 cm³/mol. The van der Waals surface area contributed by atoms with E-state index >= 15 is 0 Å². The third kappa shape index (κ3) is 3.81. The molecule has 1 saturated heterocycles. The van der Waals surface area contributed by atoms with E-state index in [1.54, 1.807) is 24.3 Å². The average molecular weight is 363 g/mol. The summed E-state index contributed by atoms with van der Waals surface area (Å²) in [7, 11) is -3.43. The van der Waals surface area contributed by atoms with E-state index < -0.39 is 15.3 Å². The van der Waals surface area contributed by atoms with Crippen LogP contribution in [0.2, 0.25) is 0 Å². The van der Waals surface area contributed by atoms with Crippen LogP contribution in [0.3, 0.4) is 0 Å². The fraction of sp³-hybridized carbons (Fsp3) is 0.571. The Labute approximate surface area is 128 Å². The molecule has 0 N–H and O–H groups in total. The van der Waals surface area contributed by atoms with Gasteiger partial charge in [-0.05, 0) is 51.0 Å². The molecule has 4 nitrogen and oxygen atoms in total. The zero-order valence-corrected chi connectivity index (χ0v) is 14.0. The Morgan fingerprint density at radius 3 is 2.55 bits per heavy atom. The zero-order valence-electron chi connectivity index (χ0n) is 11.6. The van der Waals surface area contributed by atoms with E-state index in [0.29, 0.717) is 24.3 Å². The Morgan fingerprint density at radius 2 is 1.95 bits per heavy atom. The summed E-state index contributed by atoms with van der Waals surface area (Å²) in [5, 5.41) is 0. The molecule has 2 atom stereocenters. The lowest BCUT2D eigenvalue weighted by molar-refractivity contribution is -0.0155. The van der Waals surface area contributed by atoms with E-state index in [1.165, 1.54) is 0 Å². The van der Waals surface area contributed by atoms with Crippen molar-refractivity contribution in [3.63, 3.8) is 0 Å². The van der Waals surface area contributed by atoms with Gasteiger partial charge in [0.2, 0.25) is 9.84 Å². The van der Waals surface area contributed by atoms with Crippen LogP contribution in [0.25, 0.3) is 0 Å². The quantitative estimate of drug-likeness (QED) is 0.807. The molecule has 1 fully saturated rings. The van der Waals surface area contributed by atoms with Crippen LogP contribution in [-0.2, 0) is 19.3 Å². The highest BCUT2D eigenvalue weighted by molar-refractivity contribution is 9.10. The van der Waals surface area contributed by atoms with Gasteiger partial charge in [0.05, 0.1) is 23.7 Å². The monoisotopic (exact) mass is 362 g/mol. The SMILES string of the molecule is CC(C)OCC1CCC(S(=O)(=O)c2ccc(Br)cc2)O1. The minimum atomic E-state index is -3.43. The Hall–Kier alpha value is -0.430. The molecular formula is C14H19BrO4S. The van der Waals surface area contributed by atoms with Gasteiger partial charge in [-0.25, -0.2) is 8.42 Å². The van der Waals surface area contributed by atoms with E-state index in [0.717, 1.165) is 4.47 Å². The van der Waals surface area contributed by atoms with Crippen molar-refractivity contribution in [2.75, 3.05) is 6.61 Å². The molecule has 1 aromatic rings. The molecule has 20 heavy (non-hydrogen) atoms. The van der Waals surface area contributed by atoms with Crippen molar-refractivity contribution in [1.29, 1.82) is 0 Å². The van der Waals surface area contributed by atoms with Crippen LogP contribution in [0, 0.1) is 0 Å². The molecule has 112 valence electrons. The van der Waals surface area contributed by atoms with Gasteiger partial charge in [0.15, 0.2) is 5.44 Å². The molecule has 0 aliphatic carbocycles. The Balaban J connectivity index is 2.03. The summed E-state index contributed by atoms with van der Waals surface area (Å²) in [4.78, 5) is 0.302. The van der Waals surface area contributed by atoms with Crippen molar-refractivity contribution in [2.24, 2.45) is 0 Å². The number of benzene rings is 1. The number of hydrogen-bond donors (Lipinski definition) is 0. The van der Waals surface area contributed by atoms with E-state index in [4.69, 9.17) is 9.47 Å². The Kier molecular flexibility index (Phi) is 5.23. The van der Waals surface area contributed by atoms with Gasteiger partial charge in [-0.1, -0.05) is 15.9 Å². The van der Waals surface area contributed by atoms with Crippen molar-refractivity contribution in [1.82, 2.24) is 0 Å². The molecule has 2 unspecified atom stereocenters. The Bertz CT molecular complexity index is 539. The zero-order chi connectivity index (χ0) is 14.8. The normalized spacial score (nSPS) is 23.4. The van der Waals surface area contributed by atoms with Gasteiger partial charge in [0.1, 0.15) is 0 Å². The van der Waals surface area contributed by atoms with Crippen molar-refractivity contribution in [3.05, 3.63) is 28.7 Å². The molecule has 0 radical (unpaired) electrons. The van der Waals surface area contributed by atoms with Crippen molar-refractivity contribution in [2.45, 2.75) is 49.2 Å². The first-order chi connectivity index (χ1) is 9.39. The van der Waals surface area contributed by atoms with Crippen LogP contribution >= 0.6 is 15.9 Å². The largest absolute Gasteiger partial charge is 0.376 e. The average Bonchev–Trinajstić information content (AvgIpc) is 2.86. The molecule has 6 heteroatoms. The molecule has 1 aliphatic rings.